The second-order valence-electron chi connectivity index (χ2n) is 7.68. The van der Waals surface area contributed by atoms with Crippen LogP contribution in [0.25, 0.3) is 10.8 Å². The van der Waals surface area contributed by atoms with E-state index < -0.39 is 36.0 Å². The van der Waals surface area contributed by atoms with Gasteiger partial charge in [-0.25, -0.2) is 14.1 Å². The first-order valence-electron chi connectivity index (χ1n) is 10.4. The number of nitrogens with zero attached hydrogens (tertiary/aromatic N) is 1. The highest BCUT2D eigenvalue weighted by Gasteiger charge is 2.33. The quantitative estimate of drug-likeness (QED) is 0.246. The molecular weight excluding hydrogens is 437 g/mol. The third-order valence-corrected chi connectivity index (χ3v) is 5.64. The van der Waals surface area contributed by atoms with Crippen molar-refractivity contribution in [2.45, 2.75) is 0 Å². The van der Waals surface area contributed by atoms with Crippen LogP contribution in [0.4, 0.5) is 10.1 Å². The van der Waals surface area contributed by atoms with Crippen LogP contribution in [0.1, 0.15) is 41.4 Å². The number of Topliss-reactive ketones (excluding diaryl/α,β-unsaturated/α-hetero) is 1. The second-order valence-corrected chi connectivity index (χ2v) is 7.68. The van der Waals surface area contributed by atoms with Crippen molar-refractivity contribution in [1.29, 1.82) is 0 Å². The summed E-state index contributed by atoms with van der Waals surface area (Å²) in [4.78, 5) is 51.8. The summed E-state index contributed by atoms with van der Waals surface area (Å²) in [6, 6.07) is 21.7. The first-order chi connectivity index (χ1) is 16.5. The minimum atomic E-state index is -0.789. The summed E-state index contributed by atoms with van der Waals surface area (Å²) in [6.07, 6.45) is 0. The lowest BCUT2D eigenvalue weighted by atomic mass is 9.94. The molecule has 0 spiro atoms. The maximum atomic E-state index is 13.7. The summed E-state index contributed by atoms with van der Waals surface area (Å²) in [7, 11) is 0. The Balaban J connectivity index is 1.35. The van der Waals surface area contributed by atoms with Gasteiger partial charge in [-0.3, -0.25) is 14.4 Å². The van der Waals surface area contributed by atoms with Gasteiger partial charge in [0.15, 0.2) is 6.61 Å². The van der Waals surface area contributed by atoms with Gasteiger partial charge in [0.1, 0.15) is 5.82 Å². The number of carbonyl (C=O) groups excluding carboxylic acids is 4. The molecule has 7 heteroatoms. The van der Waals surface area contributed by atoms with Gasteiger partial charge in [0.05, 0.1) is 16.8 Å². The van der Waals surface area contributed by atoms with Crippen LogP contribution in [0.5, 0.6) is 0 Å². The molecule has 0 bridgehead atoms. The zero-order chi connectivity index (χ0) is 23.8. The first kappa shape index (κ1) is 21.2. The summed E-state index contributed by atoms with van der Waals surface area (Å²) in [6.45, 7) is -0.620. The number of amides is 2. The predicted molar refractivity (Wildman–Crippen MR) is 123 cm³/mol. The molecule has 6 nitrogen and oxygen atoms in total. The number of halogens is 1. The van der Waals surface area contributed by atoms with Crippen molar-refractivity contribution in [2.24, 2.45) is 0 Å². The summed E-state index contributed by atoms with van der Waals surface area (Å²) in [5.41, 5.74) is 1.08. The Bertz CT molecular complexity index is 1440. The molecule has 5 rings (SSSR count). The third-order valence-electron chi connectivity index (χ3n) is 5.64. The number of imide groups is 1. The highest BCUT2D eigenvalue weighted by molar-refractivity contribution is 6.35. The molecule has 2 amide bonds. The maximum absolute atomic E-state index is 13.7. The number of ketones is 1. The lowest BCUT2D eigenvalue weighted by molar-refractivity contribution is 0.0473. The van der Waals surface area contributed by atoms with Crippen LogP contribution in [0.15, 0.2) is 84.9 Å². The molecule has 0 fully saturated rings. The molecular formula is C27H16FNO5. The molecule has 0 radical (unpaired) electrons. The Morgan fingerprint density at radius 1 is 0.765 bits per heavy atom. The number of carbonyl (C=O) groups is 4. The molecule has 0 unspecified atom stereocenters. The Labute approximate surface area is 193 Å². The van der Waals surface area contributed by atoms with Crippen LogP contribution in [0, 0.1) is 5.82 Å². The van der Waals surface area contributed by atoms with E-state index in [4.69, 9.17) is 4.74 Å². The molecule has 4 aromatic rings. The molecule has 0 aromatic heterocycles. The number of hydrogen-bond donors (Lipinski definition) is 0. The van der Waals surface area contributed by atoms with Gasteiger partial charge in [-0.1, -0.05) is 36.4 Å². The smallest absolute Gasteiger partial charge is 0.338 e. The zero-order valence-corrected chi connectivity index (χ0v) is 17.7. The van der Waals surface area contributed by atoms with Gasteiger partial charge in [-0.15, -0.1) is 0 Å². The zero-order valence-electron chi connectivity index (χ0n) is 17.7. The summed E-state index contributed by atoms with van der Waals surface area (Å²) in [5.74, 6) is -3.07. The molecule has 1 aliphatic rings. The monoisotopic (exact) mass is 453 g/mol. The van der Waals surface area contributed by atoms with Crippen molar-refractivity contribution in [3.05, 3.63) is 113 Å². The van der Waals surface area contributed by atoms with Crippen molar-refractivity contribution in [1.82, 2.24) is 0 Å². The minimum absolute atomic E-state index is 0.115. The number of rotatable bonds is 5. The van der Waals surface area contributed by atoms with E-state index in [2.05, 4.69) is 0 Å². The summed E-state index contributed by atoms with van der Waals surface area (Å²) < 4.78 is 18.7. The van der Waals surface area contributed by atoms with E-state index in [9.17, 15) is 23.6 Å². The highest BCUT2D eigenvalue weighted by atomic mass is 19.1. The third kappa shape index (κ3) is 3.53. The molecule has 1 aliphatic heterocycles. The largest absolute Gasteiger partial charge is 0.454 e. The van der Waals surface area contributed by atoms with Gasteiger partial charge in [0.2, 0.25) is 5.78 Å². The molecule has 166 valence electrons. The Morgan fingerprint density at radius 3 is 2.00 bits per heavy atom. The van der Waals surface area contributed by atoms with Crippen molar-refractivity contribution in [3.63, 3.8) is 0 Å². The topological polar surface area (TPSA) is 80.8 Å². The SMILES string of the molecule is O=C(OCC(=O)c1ccccc1F)c1ccc(N2C(=O)c3cccc4cccc(c34)C2=O)cc1. The van der Waals surface area contributed by atoms with Gasteiger partial charge in [0, 0.05) is 16.5 Å². The van der Waals surface area contributed by atoms with Gasteiger partial charge in [0.25, 0.3) is 11.8 Å². The van der Waals surface area contributed by atoms with E-state index in [0.29, 0.717) is 22.2 Å². The molecule has 1 heterocycles. The highest BCUT2D eigenvalue weighted by Crippen LogP contribution is 2.32. The summed E-state index contributed by atoms with van der Waals surface area (Å²) in [5, 5.41) is 1.43. The molecule has 0 aliphatic carbocycles. The minimum Gasteiger partial charge on any atom is -0.454 e. The fourth-order valence-corrected chi connectivity index (χ4v) is 3.99. The standard InChI is InChI=1S/C27H16FNO5/c28-22-10-2-1-7-19(22)23(30)15-34-27(33)17-11-13-18(14-12-17)29-25(31)20-8-3-5-16-6-4-9-21(24(16)20)26(29)32/h1-14H,15H2. The second kappa shape index (κ2) is 8.37. The van der Waals surface area contributed by atoms with Gasteiger partial charge in [-0.2, -0.15) is 0 Å². The van der Waals surface area contributed by atoms with E-state index in [-0.39, 0.29) is 11.1 Å². The molecule has 0 N–H and O–H groups in total. The Hall–Kier alpha value is -4.65. The van der Waals surface area contributed by atoms with Crippen LogP contribution < -0.4 is 4.90 Å². The van der Waals surface area contributed by atoms with E-state index >= 15 is 0 Å². The van der Waals surface area contributed by atoms with E-state index in [1.165, 1.54) is 42.5 Å². The lowest BCUT2D eigenvalue weighted by Crippen LogP contribution is -2.40. The van der Waals surface area contributed by atoms with Crippen molar-refractivity contribution < 1.29 is 28.3 Å². The fourth-order valence-electron chi connectivity index (χ4n) is 3.99. The first-order valence-corrected chi connectivity index (χ1v) is 10.4. The van der Waals surface area contributed by atoms with Crippen LogP contribution in [0.2, 0.25) is 0 Å². The number of esters is 1. The van der Waals surface area contributed by atoms with E-state index in [0.717, 1.165) is 16.4 Å². The van der Waals surface area contributed by atoms with Crippen molar-refractivity contribution >= 4 is 40.0 Å². The predicted octanol–water partition coefficient (Wildman–Crippen LogP) is 4.82. The molecule has 4 aromatic carbocycles. The van der Waals surface area contributed by atoms with Gasteiger partial charge >= 0.3 is 5.97 Å². The van der Waals surface area contributed by atoms with Crippen LogP contribution in [-0.4, -0.2) is 30.2 Å². The molecule has 34 heavy (non-hydrogen) atoms. The average Bonchev–Trinajstić information content (AvgIpc) is 2.86. The summed E-state index contributed by atoms with van der Waals surface area (Å²) >= 11 is 0. The van der Waals surface area contributed by atoms with Crippen molar-refractivity contribution in [2.75, 3.05) is 11.5 Å². The van der Waals surface area contributed by atoms with Crippen LogP contribution in [-0.2, 0) is 4.74 Å². The normalized spacial score (nSPS) is 12.7. The molecule has 0 saturated heterocycles. The van der Waals surface area contributed by atoms with Gasteiger partial charge < -0.3 is 4.74 Å². The van der Waals surface area contributed by atoms with Crippen molar-refractivity contribution in [3.8, 4) is 0 Å². The Morgan fingerprint density at radius 2 is 1.38 bits per heavy atom. The number of ether oxygens (including phenoxy) is 1. The van der Waals surface area contributed by atoms with E-state index in [1.807, 2.05) is 12.1 Å². The average molecular weight is 453 g/mol. The molecule has 0 saturated carbocycles. The molecule has 0 atom stereocenters. The van der Waals surface area contributed by atoms with Crippen LogP contribution >= 0.6 is 0 Å². The maximum Gasteiger partial charge on any atom is 0.338 e. The van der Waals surface area contributed by atoms with Crippen LogP contribution in [0.3, 0.4) is 0 Å². The number of anilines is 1. The fraction of sp³-hybridized carbons (Fsp3) is 0.0370. The van der Waals surface area contributed by atoms with Gasteiger partial charge in [-0.05, 0) is 53.9 Å². The Kier molecular flexibility index (Phi) is 5.22. The number of benzene rings is 4. The van der Waals surface area contributed by atoms with E-state index in [1.54, 1.807) is 24.3 Å². The lowest BCUT2D eigenvalue weighted by Gasteiger charge is -2.27. The number of hydrogen-bond acceptors (Lipinski definition) is 5.